The molecule has 1 N–H and O–H groups in total. The number of rotatable bonds is 3. The maximum atomic E-state index is 11.0. The summed E-state index contributed by atoms with van der Waals surface area (Å²) in [5, 5.41) is 9.70. The van der Waals surface area contributed by atoms with Crippen LogP contribution in [0.4, 0.5) is 0 Å². The first-order chi connectivity index (χ1) is 8.13. The number of aromatic nitrogens is 1. The Labute approximate surface area is 98.9 Å². The highest BCUT2D eigenvalue weighted by atomic mass is 16.5. The molecule has 0 amide bonds. The molecular formula is C13H13NO3. The van der Waals surface area contributed by atoms with Crippen molar-refractivity contribution in [1.82, 2.24) is 4.98 Å². The Bertz CT molecular complexity index is 566. The van der Waals surface area contributed by atoms with Crippen LogP contribution in [0.15, 0.2) is 30.5 Å². The van der Waals surface area contributed by atoms with Crippen molar-refractivity contribution in [1.29, 1.82) is 0 Å². The molecule has 0 aliphatic heterocycles. The third-order valence-corrected chi connectivity index (χ3v) is 2.82. The Morgan fingerprint density at radius 3 is 2.82 bits per heavy atom. The van der Waals surface area contributed by atoms with E-state index < -0.39 is 5.97 Å². The molecule has 0 spiro atoms. The van der Waals surface area contributed by atoms with Crippen LogP contribution in [-0.4, -0.2) is 23.2 Å². The number of carboxylic acids is 1. The Balaban J connectivity index is 2.60. The Hall–Kier alpha value is -1.94. The SMILES string of the molecule is COC(C)c1ccc2c(C(=O)O)ccnc2c1. The summed E-state index contributed by atoms with van der Waals surface area (Å²) in [4.78, 5) is 15.2. The molecule has 4 nitrogen and oxygen atoms in total. The Kier molecular flexibility index (Phi) is 3.06. The molecule has 0 fully saturated rings. The number of benzene rings is 1. The summed E-state index contributed by atoms with van der Waals surface area (Å²) in [6, 6.07) is 7.00. The molecule has 0 aliphatic carbocycles. The van der Waals surface area contributed by atoms with Crippen molar-refractivity contribution in [2.45, 2.75) is 13.0 Å². The van der Waals surface area contributed by atoms with Gasteiger partial charge in [-0.05, 0) is 24.6 Å². The van der Waals surface area contributed by atoms with Gasteiger partial charge in [0.15, 0.2) is 0 Å². The quantitative estimate of drug-likeness (QED) is 0.882. The average Bonchev–Trinajstić information content (AvgIpc) is 2.36. The minimum absolute atomic E-state index is 0.0327. The molecule has 4 heteroatoms. The maximum Gasteiger partial charge on any atom is 0.336 e. The smallest absolute Gasteiger partial charge is 0.336 e. The summed E-state index contributed by atoms with van der Waals surface area (Å²) in [7, 11) is 1.63. The summed E-state index contributed by atoms with van der Waals surface area (Å²) in [5.74, 6) is -0.940. The monoisotopic (exact) mass is 231 g/mol. The fraction of sp³-hybridized carbons (Fsp3) is 0.231. The van der Waals surface area contributed by atoms with Gasteiger partial charge in [0.2, 0.25) is 0 Å². The van der Waals surface area contributed by atoms with E-state index in [4.69, 9.17) is 9.84 Å². The van der Waals surface area contributed by atoms with E-state index in [2.05, 4.69) is 4.98 Å². The number of nitrogens with zero attached hydrogens (tertiary/aromatic N) is 1. The van der Waals surface area contributed by atoms with E-state index in [1.807, 2.05) is 19.1 Å². The lowest BCUT2D eigenvalue weighted by molar-refractivity contribution is 0.0699. The van der Waals surface area contributed by atoms with Crippen LogP contribution in [0.25, 0.3) is 10.9 Å². The highest BCUT2D eigenvalue weighted by Gasteiger charge is 2.10. The Morgan fingerprint density at radius 1 is 1.41 bits per heavy atom. The number of hydrogen-bond donors (Lipinski definition) is 1. The second-order valence-corrected chi connectivity index (χ2v) is 3.82. The van der Waals surface area contributed by atoms with Gasteiger partial charge in [0.05, 0.1) is 17.2 Å². The topological polar surface area (TPSA) is 59.4 Å². The normalized spacial score (nSPS) is 12.6. The van der Waals surface area contributed by atoms with E-state index >= 15 is 0 Å². The first kappa shape index (κ1) is 11.5. The molecule has 88 valence electrons. The molecular weight excluding hydrogens is 218 g/mol. The molecule has 0 radical (unpaired) electrons. The largest absolute Gasteiger partial charge is 0.478 e. The van der Waals surface area contributed by atoms with Crippen LogP contribution in [-0.2, 0) is 4.74 Å². The molecule has 2 rings (SSSR count). The summed E-state index contributed by atoms with van der Waals surface area (Å²) in [5.41, 5.74) is 1.92. The van der Waals surface area contributed by atoms with Gasteiger partial charge in [-0.3, -0.25) is 4.98 Å². The van der Waals surface area contributed by atoms with Gasteiger partial charge in [-0.15, -0.1) is 0 Å². The van der Waals surface area contributed by atoms with Crippen LogP contribution in [0.3, 0.4) is 0 Å². The average molecular weight is 231 g/mol. The van der Waals surface area contributed by atoms with Crippen LogP contribution in [0.1, 0.15) is 28.9 Å². The zero-order valence-electron chi connectivity index (χ0n) is 9.68. The Morgan fingerprint density at radius 2 is 2.18 bits per heavy atom. The minimum atomic E-state index is -0.940. The van der Waals surface area contributed by atoms with Crippen LogP contribution in [0, 0.1) is 0 Å². The van der Waals surface area contributed by atoms with Crippen molar-refractivity contribution >= 4 is 16.9 Å². The molecule has 2 aromatic rings. The van der Waals surface area contributed by atoms with Crippen molar-refractivity contribution in [2.24, 2.45) is 0 Å². The lowest BCUT2D eigenvalue weighted by Crippen LogP contribution is -2.00. The van der Waals surface area contributed by atoms with E-state index in [9.17, 15) is 4.79 Å². The van der Waals surface area contributed by atoms with Gasteiger partial charge < -0.3 is 9.84 Å². The number of fused-ring (bicyclic) bond motifs is 1. The first-order valence-electron chi connectivity index (χ1n) is 5.28. The third kappa shape index (κ3) is 2.12. The highest BCUT2D eigenvalue weighted by Crippen LogP contribution is 2.23. The van der Waals surface area contributed by atoms with Crippen LogP contribution in [0.2, 0.25) is 0 Å². The third-order valence-electron chi connectivity index (χ3n) is 2.82. The highest BCUT2D eigenvalue weighted by molar-refractivity contribution is 6.02. The molecule has 17 heavy (non-hydrogen) atoms. The number of ether oxygens (including phenoxy) is 1. The number of methoxy groups -OCH3 is 1. The molecule has 1 aromatic heterocycles. The van der Waals surface area contributed by atoms with E-state index in [-0.39, 0.29) is 11.7 Å². The fourth-order valence-electron chi connectivity index (χ4n) is 1.74. The minimum Gasteiger partial charge on any atom is -0.478 e. The lowest BCUT2D eigenvalue weighted by Gasteiger charge is -2.10. The zero-order valence-corrected chi connectivity index (χ0v) is 9.68. The van der Waals surface area contributed by atoms with Gasteiger partial charge in [0, 0.05) is 18.7 Å². The number of pyridine rings is 1. The second-order valence-electron chi connectivity index (χ2n) is 3.82. The molecule has 0 bridgehead atoms. The zero-order chi connectivity index (χ0) is 12.4. The van der Waals surface area contributed by atoms with Gasteiger partial charge in [-0.2, -0.15) is 0 Å². The molecule has 1 heterocycles. The van der Waals surface area contributed by atoms with Crippen LogP contribution < -0.4 is 0 Å². The second kappa shape index (κ2) is 4.51. The molecule has 0 saturated heterocycles. The molecule has 0 aliphatic rings. The predicted octanol–water partition coefficient (Wildman–Crippen LogP) is 2.64. The predicted molar refractivity (Wildman–Crippen MR) is 64.1 cm³/mol. The van der Waals surface area contributed by atoms with Crippen molar-refractivity contribution in [3.05, 3.63) is 41.6 Å². The maximum absolute atomic E-state index is 11.0. The van der Waals surface area contributed by atoms with E-state index in [0.717, 1.165) is 5.56 Å². The van der Waals surface area contributed by atoms with Gasteiger partial charge in [-0.1, -0.05) is 12.1 Å². The number of hydrogen-bond acceptors (Lipinski definition) is 3. The molecule has 1 aromatic carbocycles. The number of carboxylic acid groups (broad SMARTS) is 1. The van der Waals surface area contributed by atoms with E-state index in [1.165, 1.54) is 12.3 Å². The molecule has 0 saturated carbocycles. The summed E-state index contributed by atoms with van der Waals surface area (Å²) in [6.45, 7) is 1.93. The van der Waals surface area contributed by atoms with Gasteiger partial charge in [0.25, 0.3) is 0 Å². The number of aromatic carboxylic acids is 1. The number of carbonyl (C=O) groups is 1. The van der Waals surface area contributed by atoms with Crippen LogP contribution in [0.5, 0.6) is 0 Å². The van der Waals surface area contributed by atoms with E-state index in [1.54, 1.807) is 13.2 Å². The molecule has 1 unspecified atom stereocenters. The summed E-state index contributed by atoms with van der Waals surface area (Å²) < 4.78 is 5.22. The van der Waals surface area contributed by atoms with E-state index in [0.29, 0.717) is 10.9 Å². The first-order valence-corrected chi connectivity index (χ1v) is 5.28. The fourth-order valence-corrected chi connectivity index (χ4v) is 1.74. The van der Waals surface area contributed by atoms with Gasteiger partial charge in [-0.25, -0.2) is 4.79 Å². The summed E-state index contributed by atoms with van der Waals surface area (Å²) in [6.07, 6.45) is 1.47. The standard InChI is InChI=1S/C13H13NO3/c1-8(17-2)9-3-4-10-11(13(15)16)5-6-14-12(10)7-9/h3-8H,1-2H3,(H,15,16). The van der Waals surface area contributed by atoms with Crippen molar-refractivity contribution in [3.63, 3.8) is 0 Å². The summed E-state index contributed by atoms with van der Waals surface area (Å²) >= 11 is 0. The van der Waals surface area contributed by atoms with Gasteiger partial charge in [0.1, 0.15) is 0 Å². The van der Waals surface area contributed by atoms with Crippen molar-refractivity contribution in [2.75, 3.05) is 7.11 Å². The van der Waals surface area contributed by atoms with Gasteiger partial charge >= 0.3 is 5.97 Å². The van der Waals surface area contributed by atoms with Crippen molar-refractivity contribution < 1.29 is 14.6 Å². The lowest BCUT2D eigenvalue weighted by atomic mass is 10.0. The van der Waals surface area contributed by atoms with Crippen molar-refractivity contribution in [3.8, 4) is 0 Å². The molecule has 1 atom stereocenters. The van der Waals surface area contributed by atoms with Crippen LogP contribution >= 0.6 is 0 Å².